The van der Waals surface area contributed by atoms with Crippen molar-refractivity contribution < 1.29 is 9.53 Å². The number of hydrogen-bond donors (Lipinski definition) is 0. The lowest BCUT2D eigenvalue weighted by molar-refractivity contribution is -0.135. The summed E-state index contributed by atoms with van der Waals surface area (Å²) >= 11 is 0. The van der Waals surface area contributed by atoms with Crippen LogP contribution in [0.25, 0.3) is 0 Å². The van der Waals surface area contributed by atoms with Gasteiger partial charge >= 0.3 is 0 Å². The highest BCUT2D eigenvalue weighted by Crippen LogP contribution is 2.30. The van der Waals surface area contributed by atoms with Crippen molar-refractivity contribution in [1.29, 1.82) is 0 Å². The minimum Gasteiger partial charge on any atom is -0.478 e. The van der Waals surface area contributed by atoms with Crippen molar-refractivity contribution in [3.63, 3.8) is 0 Å². The zero-order valence-electron chi connectivity index (χ0n) is 16.5. The number of hydrazone groups is 1. The summed E-state index contributed by atoms with van der Waals surface area (Å²) in [6.07, 6.45) is 3.48. The van der Waals surface area contributed by atoms with E-state index in [1.54, 1.807) is 11.2 Å². The molecule has 142 valence electrons. The van der Waals surface area contributed by atoms with Crippen LogP contribution in [-0.2, 0) is 4.79 Å². The van der Waals surface area contributed by atoms with E-state index < -0.39 is 0 Å². The lowest BCUT2D eigenvalue weighted by atomic mass is 9.93. The van der Waals surface area contributed by atoms with E-state index in [0.29, 0.717) is 25.3 Å². The second-order valence-corrected chi connectivity index (χ2v) is 7.74. The van der Waals surface area contributed by atoms with Crippen LogP contribution in [0.1, 0.15) is 49.8 Å². The number of carbonyl (C=O) groups excluding carboxylic acids is 1. The quantitative estimate of drug-likeness (QED) is 0.718. The smallest absolute Gasteiger partial charge is 0.243 e. The van der Waals surface area contributed by atoms with Gasteiger partial charge < -0.3 is 4.74 Å². The molecule has 0 saturated carbocycles. The van der Waals surface area contributed by atoms with Crippen LogP contribution in [0.15, 0.2) is 47.7 Å². The molecule has 5 nitrogen and oxygen atoms in total. The van der Waals surface area contributed by atoms with Crippen LogP contribution in [0, 0.1) is 13.8 Å². The zero-order valence-corrected chi connectivity index (χ0v) is 16.5. The highest BCUT2D eigenvalue weighted by Gasteiger charge is 2.38. The Labute approximate surface area is 161 Å². The number of carbonyl (C=O) groups is 1. The van der Waals surface area contributed by atoms with Crippen LogP contribution < -0.4 is 4.74 Å². The van der Waals surface area contributed by atoms with E-state index in [4.69, 9.17) is 4.74 Å². The van der Waals surface area contributed by atoms with Gasteiger partial charge in [0.25, 0.3) is 0 Å². The van der Waals surface area contributed by atoms with Crippen molar-refractivity contribution in [2.24, 2.45) is 5.10 Å². The average Bonchev–Trinajstić information content (AvgIpc) is 2.94. The molecule has 0 atom stereocenters. The number of amides is 1. The van der Waals surface area contributed by atoms with Crippen LogP contribution in [0.2, 0.25) is 0 Å². The molecule has 0 N–H and O–H groups in total. The van der Waals surface area contributed by atoms with Gasteiger partial charge in [-0.2, -0.15) is 5.10 Å². The summed E-state index contributed by atoms with van der Waals surface area (Å²) in [6.45, 7) is 8.76. The molecule has 0 bridgehead atoms. The molecule has 1 aromatic heterocycles. The number of hydrogen-bond acceptors (Lipinski definition) is 4. The molecule has 0 spiro atoms. The summed E-state index contributed by atoms with van der Waals surface area (Å²) in [5.74, 6) is 0.616. The SMILES string of the molecule is Cc1cc(C)cc(C2=NN(C(=O)CCCOc3ccccn3)C(C)(C)C2)c1. The summed E-state index contributed by atoms with van der Waals surface area (Å²) in [6, 6.07) is 12.0. The van der Waals surface area contributed by atoms with Crippen molar-refractivity contribution in [3.8, 4) is 5.88 Å². The first-order valence-corrected chi connectivity index (χ1v) is 9.38. The summed E-state index contributed by atoms with van der Waals surface area (Å²) < 4.78 is 5.57. The lowest BCUT2D eigenvalue weighted by Crippen LogP contribution is -2.40. The minimum atomic E-state index is -0.314. The Hall–Kier alpha value is -2.69. The number of pyridine rings is 1. The van der Waals surface area contributed by atoms with E-state index in [0.717, 1.165) is 17.7 Å². The molecule has 0 radical (unpaired) electrons. The molecule has 5 heteroatoms. The zero-order chi connectivity index (χ0) is 19.4. The third kappa shape index (κ3) is 4.73. The Balaban J connectivity index is 1.62. The molecule has 0 unspecified atom stereocenters. The number of nitrogens with zero attached hydrogens (tertiary/aromatic N) is 3. The largest absolute Gasteiger partial charge is 0.478 e. The number of rotatable bonds is 6. The van der Waals surface area contributed by atoms with E-state index >= 15 is 0 Å². The van der Waals surface area contributed by atoms with Crippen molar-refractivity contribution in [1.82, 2.24) is 9.99 Å². The van der Waals surface area contributed by atoms with Gasteiger partial charge in [-0.1, -0.05) is 35.4 Å². The predicted octanol–water partition coefficient (Wildman–Crippen LogP) is 4.27. The maximum absolute atomic E-state index is 12.7. The van der Waals surface area contributed by atoms with Gasteiger partial charge in [0.15, 0.2) is 0 Å². The molecular formula is C22H27N3O2. The van der Waals surface area contributed by atoms with Crippen molar-refractivity contribution in [3.05, 3.63) is 59.3 Å². The summed E-state index contributed by atoms with van der Waals surface area (Å²) in [4.78, 5) is 16.8. The predicted molar refractivity (Wildman–Crippen MR) is 107 cm³/mol. The number of aryl methyl sites for hydroxylation is 2. The third-order valence-corrected chi connectivity index (χ3v) is 4.61. The monoisotopic (exact) mass is 365 g/mol. The van der Waals surface area contributed by atoms with Gasteiger partial charge in [0.05, 0.1) is 17.9 Å². The highest BCUT2D eigenvalue weighted by molar-refractivity contribution is 6.03. The highest BCUT2D eigenvalue weighted by atomic mass is 16.5. The molecule has 3 rings (SSSR count). The Morgan fingerprint density at radius 1 is 1.19 bits per heavy atom. The van der Waals surface area contributed by atoms with E-state index in [1.165, 1.54) is 11.1 Å². The molecule has 1 aromatic carbocycles. The molecule has 0 aliphatic carbocycles. The first-order valence-electron chi connectivity index (χ1n) is 9.38. The van der Waals surface area contributed by atoms with Gasteiger partial charge in [0.1, 0.15) is 0 Å². The Morgan fingerprint density at radius 2 is 1.93 bits per heavy atom. The average molecular weight is 365 g/mol. The molecule has 2 heterocycles. The molecule has 1 aliphatic rings. The fraction of sp³-hybridized carbons (Fsp3) is 0.409. The van der Waals surface area contributed by atoms with Crippen molar-refractivity contribution >= 4 is 11.6 Å². The van der Waals surface area contributed by atoms with Gasteiger partial charge in [0, 0.05) is 25.1 Å². The van der Waals surface area contributed by atoms with Crippen LogP contribution >= 0.6 is 0 Å². The van der Waals surface area contributed by atoms with Crippen LogP contribution in [-0.4, -0.2) is 33.8 Å². The van der Waals surface area contributed by atoms with Gasteiger partial charge in [0.2, 0.25) is 11.8 Å². The third-order valence-electron chi connectivity index (χ3n) is 4.61. The van der Waals surface area contributed by atoms with E-state index in [9.17, 15) is 4.79 Å². The fourth-order valence-corrected chi connectivity index (χ4v) is 3.41. The van der Waals surface area contributed by atoms with E-state index in [1.807, 2.05) is 18.2 Å². The van der Waals surface area contributed by atoms with Crippen molar-refractivity contribution in [2.75, 3.05) is 6.61 Å². The van der Waals surface area contributed by atoms with Gasteiger partial charge in [-0.3, -0.25) is 4.79 Å². The maximum Gasteiger partial charge on any atom is 0.243 e. The topological polar surface area (TPSA) is 54.8 Å². The summed E-state index contributed by atoms with van der Waals surface area (Å²) in [5, 5.41) is 6.33. The molecule has 27 heavy (non-hydrogen) atoms. The normalized spacial score (nSPS) is 15.6. The molecule has 0 saturated heterocycles. The standard InChI is InChI=1S/C22H27N3O2/c1-16-12-17(2)14-18(13-16)19-15-22(3,4)25(24-19)21(26)9-7-11-27-20-8-5-6-10-23-20/h5-6,8,10,12-14H,7,9,11,15H2,1-4H3. The van der Waals surface area contributed by atoms with Crippen LogP contribution in [0.3, 0.4) is 0 Å². The lowest BCUT2D eigenvalue weighted by Gasteiger charge is -2.28. The summed E-state index contributed by atoms with van der Waals surface area (Å²) in [5.41, 5.74) is 4.19. The molecule has 0 fully saturated rings. The second-order valence-electron chi connectivity index (χ2n) is 7.74. The second kappa shape index (κ2) is 7.91. The summed E-state index contributed by atoms with van der Waals surface area (Å²) in [7, 11) is 0. The Bertz CT molecular complexity index is 824. The molecular weight excluding hydrogens is 338 g/mol. The number of benzene rings is 1. The van der Waals surface area contributed by atoms with Crippen LogP contribution in [0.5, 0.6) is 5.88 Å². The van der Waals surface area contributed by atoms with Crippen molar-refractivity contribution in [2.45, 2.75) is 52.5 Å². The van der Waals surface area contributed by atoms with E-state index in [2.05, 4.69) is 56.0 Å². The number of aromatic nitrogens is 1. The molecule has 1 aliphatic heterocycles. The van der Waals surface area contributed by atoms with Gasteiger partial charge in [-0.25, -0.2) is 9.99 Å². The van der Waals surface area contributed by atoms with Crippen LogP contribution in [0.4, 0.5) is 0 Å². The number of ether oxygens (including phenoxy) is 1. The van der Waals surface area contributed by atoms with Gasteiger partial charge in [-0.15, -0.1) is 0 Å². The molecule has 1 amide bonds. The Morgan fingerprint density at radius 3 is 2.59 bits per heavy atom. The van der Waals surface area contributed by atoms with E-state index in [-0.39, 0.29) is 11.4 Å². The minimum absolute atomic E-state index is 0.0315. The first-order chi connectivity index (χ1) is 12.8. The maximum atomic E-state index is 12.7. The molecule has 2 aromatic rings. The first kappa shape index (κ1) is 19.1. The Kier molecular flexibility index (Phi) is 5.59. The van der Waals surface area contributed by atoms with Gasteiger partial charge in [-0.05, 0) is 45.7 Å². The fourth-order valence-electron chi connectivity index (χ4n) is 3.41.